The largest absolute Gasteiger partial charge is 0.335 e. The maximum Gasteiger partial charge on any atom is 0.234 e. The van der Waals surface area contributed by atoms with Crippen LogP contribution >= 0.6 is 50.9 Å². The number of aryl methyl sites for hydroxylation is 1. The van der Waals surface area contributed by atoms with Gasteiger partial charge in [0.05, 0.1) is 10.8 Å². The SMILES string of the molecule is Cc1cc(NC(=O)CSc2nnc(-c3ccc(Cl)cc3Cl)n2N)ccc1Br. The molecule has 0 aliphatic carbocycles. The summed E-state index contributed by atoms with van der Waals surface area (Å²) < 4.78 is 2.29. The van der Waals surface area contributed by atoms with Crippen molar-refractivity contribution in [1.29, 1.82) is 0 Å². The second-order valence-electron chi connectivity index (χ2n) is 5.60. The molecule has 0 atom stereocenters. The van der Waals surface area contributed by atoms with E-state index in [0.717, 1.165) is 15.7 Å². The number of rotatable bonds is 5. The molecule has 3 aromatic rings. The van der Waals surface area contributed by atoms with Gasteiger partial charge in [-0.25, -0.2) is 4.68 Å². The third-order valence-electron chi connectivity index (χ3n) is 3.61. The van der Waals surface area contributed by atoms with E-state index in [1.807, 2.05) is 25.1 Å². The number of nitrogens with one attached hydrogen (secondary N) is 1. The summed E-state index contributed by atoms with van der Waals surface area (Å²) >= 11 is 16.7. The zero-order chi connectivity index (χ0) is 19.6. The number of carbonyl (C=O) groups is 1. The number of benzene rings is 2. The van der Waals surface area contributed by atoms with E-state index in [2.05, 4.69) is 31.4 Å². The zero-order valence-corrected chi connectivity index (χ0v) is 18.0. The van der Waals surface area contributed by atoms with Gasteiger partial charge in [0.25, 0.3) is 0 Å². The first-order chi connectivity index (χ1) is 12.8. The van der Waals surface area contributed by atoms with Crippen LogP contribution in [0.5, 0.6) is 0 Å². The van der Waals surface area contributed by atoms with Gasteiger partial charge in [-0.2, -0.15) is 0 Å². The smallest absolute Gasteiger partial charge is 0.234 e. The van der Waals surface area contributed by atoms with Crippen molar-refractivity contribution >= 4 is 62.5 Å². The summed E-state index contributed by atoms with van der Waals surface area (Å²) in [5, 5.41) is 12.3. The van der Waals surface area contributed by atoms with Crippen LogP contribution in [0.15, 0.2) is 46.0 Å². The Hall–Kier alpha value is -1.74. The highest BCUT2D eigenvalue weighted by Crippen LogP contribution is 2.30. The average Bonchev–Trinajstić information content (AvgIpc) is 2.97. The lowest BCUT2D eigenvalue weighted by atomic mass is 10.2. The molecule has 3 N–H and O–H groups in total. The summed E-state index contributed by atoms with van der Waals surface area (Å²) in [7, 11) is 0. The van der Waals surface area contributed by atoms with Crippen molar-refractivity contribution < 1.29 is 4.79 Å². The van der Waals surface area contributed by atoms with Crippen molar-refractivity contribution in [2.45, 2.75) is 12.1 Å². The van der Waals surface area contributed by atoms with Crippen LogP contribution < -0.4 is 11.2 Å². The van der Waals surface area contributed by atoms with Crippen LogP contribution in [0.2, 0.25) is 10.0 Å². The highest BCUT2D eigenvalue weighted by molar-refractivity contribution is 9.10. The molecule has 1 heterocycles. The van der Waals surface area contributed by atoms with Gasteiger partial charge < -0.3 is 11.2 Å². The highest BCUT2D eigenvalue weighted by Gasteiger charge is 2.16. The van der Waals surface area contributed by atoms with E-state index in [-0.39, 0.29) is 11.7 Å². The minimum atomic E-state index is -0.171. The quantitative estimate of drug-likeness (QED) is 0.400. The van der Waals surface area contributed by atoms with Crippen molar-refractivity contribution in [2.75, 3.05) is 16.9 Å². The molecule has 0 radical (unpaired) electrons. The van der Waals surface area contributed by atoms with Gasteiger partial charge >= 0.3 is 0 Å². The second-order valence-corrected chi connectivity index (χ2v) is 8.24. The van der Waals surface area contributed by atoms with Crippen LogP contribution in [-0.2, 0) is 4.79 Å². The van der Waals surface area contributed by atoms with Gasteiger partial charge in [0, 0.05) is 20.7 Å². The van der Waals surface area contributed by atoms with Gasteiger partial charge in [-0.3, -0.25) is 4.79 Å². The van der Waals surface area contributed by atoms with E-state index in [1.165, 1.54) is 16.4 Å². The maximum absolute atomic E-state index is 12.2. The number of amides is 1. The summed E-state index contributed by atoms with van der Waals surface area (Å²) in [6, 6.07) is 10.6. The summed E-state index contributed by atoms with van der Waals surface area (Å²) in [5.74, 6) is 6.42. The van der Waals surface area contributed by atoms with Crippen LogP contribution in [0.3, 0.4) is 0 Å². The molecule has 2 aromatic carbocycles. The first-order valence-electron chi connectivity index (χ1n) is 7.70. The zero-order valence-electron chi connectivity index (χ0n) is 14.0. The summed E-state index contributed by atoms with van der Waals surface area (Å²) in [6.07, 6.45) is 0. The Morgan fingerprint density at radius 2 is 2.04 bits per heavy atom. The number of anilines is 1. The molecule has 27 heavy (non-hydrogen) atoms. The van der Waals surface area contributed by atoms with Crippen LogP contribution in [0.4, 0.5) is 5.69 Å². The predicted octanol–water partition coefficient (Wildman–Crippen LogP) is 4.77. The average molecular weight is 487 g/mol. The van der Waals surface area contributed by atoms with Gasteiger partial charge in [0.1, 0.15) is 0 Å². The number of thioether (sulfide) groups is 1. The lowest BCUT2D eigenvalue weighted by Crippen LogP contribution is -2.16. The minimum Gasteiger partial charge on any atom is -0.335 e. The Labute approximate surface area is 178 Å². The van der Waals surface area contributed by atoms with Crippen molar-refractivity contribution in [3.63, 3.8) is 0 Å². The molecule has 10 heteroatoms. The Bertz CT molecular complexity index is 1010. The molecule has 6 nitrogen and oxygen atoms in total. The fourth-order valence-electron chi connectivity index (χ4n) is 2.28. The topological polar surface area (TPSA) is 85.8 Å². The van der Waals surface area contributed by atoms with E-state index in [0.29, 0.717) is 26.6 Å². The number of carbonyl (C=O) groups excluding carboxylic acids is 1. The van der Waals surface area contributed by atoms with Crippen molar-refractivity contribution in [3.05, 3.63) is 56.5 Å². The summed E-state index contributed by atoms with van der Waals surface area (Å²) in [6.45, 7) is 1.95. The molecular formula is C17H14BrCl2N5OS. The normalized spacial score (nSPS) is 10.8. The van der Waals surface area contributed by atoms with Gasteiger partial charge in [-0.1, -0.05) is 50.9 Å². The molecule has 1 aromatic heterocycles. The first kappa shape index (κ1) is 20.0. The Kier molecular flexibility index (Phi) is 6.31. The second kappa shape index (κ2) is 8.52. The number of nitrogens with two attached hydrogens (primary N) is 1. The van der Waals surface area contributed by atoms with Crippen molar-refractivity contribution in [1.82, 2.24) is 14.9 Å². The van der Waals surface area contributed by atoms with E-state index >= 15 is 0 Å². The lowest BCUT2D eigenvalue weighted by molar-refractivity contribution is -0.113. The molecule has 0 aliphatic heterocycles. The lowest BCUT2D eigenvalue weighted by Gasteiger charge is -2.07. The fourth-order valence-corrected chi connectivity index (χ4v) is 3.68. The van der Waals surface area contributed by atoms with E-state index < -0.39 is 0 Å². The summed E-state index contributed by atoms with van der Waals surface area (Å²) in [5.41, 5.74) is 2.37. The number of nitrogen functional groups attached to an aromatic ring is 1. The van der Waals surface area contributed by atoms with Gasteiger partial charge in [0.2, 0.25) is 11.1 Å². The number of halogens is 3. The third-order valence-corrected chi connectivity index (χ3v) is 5.99. The standard InChI is InChI=1S/C17H14BrCl2N5OS/c1-9-6-11(3-5-13(9)18)22-15(26)8-27-17-24-23-16(25(17)21)12-4-2-10(19)7-14(12)20/h2-7H,8,21H2,1H3,(H,22,26). The van der Waals surface area contributed by atoms with Gasteiger partial charge in [-0.05, 0) is 48.9 Å². The number of hydrogen-bond donors (Lipinski definition) is 2. The molecule has 0 fully saturated rings. The minimum absolute atomic E-state index is 0.138. The van der Waals surface area contributed by atoms with Gasteiger partial charge in [0.15, 0.2) is 5.82 Å². The number of hydrogen-bond acceptors (Lipinski definition) is 5. The highest BCUT2D eigenvalue weighted by atomic mass is 79.9. The predicted molar refractivity (Wildman–Crippen MR) is 114 cm³/mol. The van der Waals surface area contributed by atoms with E-state index in [1.54, 1.807) is 18.2 Å². The molecule has 0 bridgehead atoms. The first-order valence-corrected chi connectivity index (χ1v) is 10.2. The summed E-state index contributed by atoms with van der Waals surface area (Å²) in [4.78, 5) is 12.2. The van der Waals surface area contributed by atoms with Gasteiger partial charge in [-0.15, -0.1) is 10.2 Å². The molecule has 140 valence electrons. The molecule has 0 saturated carbocycles. The van der Waals surface area contributed by atoms with E-state index in [9.17, 15) is 4.79 Å². The Morgan fingerprint density at radius 1 is 1.26 bits per heavy atom. The Morgan fingerprint density at radius 3 is 2.74 bits per heavy atom. The van der Waals surface area contributed by atoms with Crippen LogP contribution in [-0.4, -0.2) is 26.5 Å². The maximum atomic E-state index is 12.2. The van der Waals surface area contributed by atoms with Crippen LogP contribution in [0.25, 0.3) is 11.4 Å². The van der Waals surface area contributed by atoms with Crippen molar-refractivity contribution in [2.24, 2.45) is 0 Å². The molecule has 0 aliphatic rings. The molecule has 0 unspecified atom stereocenters. The molecule has 0 spiro atoms. The fraction of sp³-hybridized carbons (Fsp3) is 0.118. The van der Waals surface area contributed by atoms with Crippen molar-refractivity contribution in [3.8, 4) is 11.4 Å². The monoisotopic (exact) mass is 485 g/mol. The molecular weight excluding hydrogens is 473 g/mol. The molecule has 0 saturated heterocycles. The van der Waals surface area contributed by atoms with Crippen LogP contribution in [0, 0.1) is 6.92 Å². The number of aromatic nitrogens is 3. The molecule has 1 amide bonds. The molecule has 3 rings (SSSR count). The van der Waals surface area contributed by atoms with E-state index in [4.69, 9.17) is 29.0 Å². The Balaban J connectivity index is 1.67. The third kappa shape index (κ3) is 4.76. The number of nitrogens with zero attached hydrogens (tertiary/aromatic N) is 3. The van der Waals surface area contributed by atoms with Crippen LogP contribution in [0.1, 0.15) is 5.56 Å².